The van der Waals surface area contributed by atoms with E-state index >= 15 is 0 Å². The molecule has 4 heteroatoms. The molecule has 2 aromatic rings. The van der Waals surface area contributed by atoms with Gasteiger partial charge in [0.2, 0.25) is 0 Å². The number of rotatable bonds is 4. The first-order valence-electron chi connectivity index (χ1n) is 7.26. The molecule has 1 N–H and O–H groups in total. The molecule has 0 radical (unpaired) electrons. The van der Waals surface area contributed by atoms with Crippen LogP contribution in [0.2, 0.25) is 0 Å². The fourth-order valence-corrected chi connectivity index (χ4v) is 2.56. The van der Waals surface area contributed by atoms with Gasteiger partial charge in [0.05, 0.1) is 17.1 Å². The SMILES string of the molecule is Cc1cccc(-n2nc(C(C)C)c(C(=O)O)c2C(C)C)c1. The highest BCUT2D eigenvalue weighted by Crippen LogP contribution is 2.30. The van der Waals surface area contributed by atoms with E-state index in [9.17, 15) is 9.90 Å². The van der Waals surface area contributed by atoms with Gasteiger partial charge in [-0.05, 0) is 36.5 Å². The molecule has 21 heavy (non-hydrogen) atoms. The topological polar surface area (TPSA) is 55.1 Å². The maximum Gasteiger partial charge on any atom is 0.339 e. The summed E-state index contributed by atoms with van der Waals surface area (Å²) in [5.74, 6) is -0.752. The Balaban J connectivity index is 2.77. The Morgan fingerprint density at radius 2 is 1.86 bits per heavy atom. The summed E-state index contributed by atoms with van der Waals surface area (Å²) < 4.78 is 1.79. The summed E-state index contributed by atoms with van der Waals surface area (Å²) in [5.41, 5.74) is 3.79. The van der Waals surface area contributed by atoms with Crippen LogP contribution < -0.4 is 0 Å². The van der Waals surface area contributed by atoms with E-state index in [1.807, 2.05) is 58.9 Å². The second-order valence-electron chi connectivity index (χ2n) is 6.01. The van der Waals surface area contributed by atoms with E-state index in [1.54, 1.807) is 4.68 Å². The molecule has 1 aromatic carbocycles. The van der Waals surface area contributed by atoms with Gasteiger partial charge in [-0.25, -0.2) is 9.48 Å². The second-order valence-corrected chi connectivity index (χ2v) is 6.01. The Bertz CT molecular complexity index is 669. The van der Waals surface area contributed by atoms with Crippen molar-refractivity contribution >= 4 is 5.97 Å². The van der Waals surface area contributed by atoms with Crippen molar-refractivity contribution in [1.82, 2.24) is 9.78 Å². The third kappa shape index (κ3) is 2.84. The monoisotopic (exact) mass is 286 g/mol. The van der Waals surface area contributed by atoms with Crippen LogP contribution in [0.3, 0.4) is 0 Å². The Morgan fingerprint density at radius 1 is 1.19 bits per heavy atom. The van der Waals surface area contributed by atoms with E-state index in [0.717, 1.165) is 16.9 Å². The van der Waals surface area contributed by atoms with Crippen molar-refractivity contribution in [3.8, 4) is 5.69 Å². The van der Waals surface area contributed by atoms with Crippen LogP contribution in [0.15, 0.2) is 24.3 Å². The van der Waals surface area contributed by atoms with E-state index in [1.165, 1.54) is 0 Å². The van der Waals surface area contributed by atoms with Gasteiger partial charge in [0.15, 0.2) is 0 Å². The first kappa shape index (κ1) is 15.3. The molecule has 0 aliphatic carbocycles. The van der Waals surface area contributed by atoms with Crippen molar-refractivity contribution in [3.05, 3.63) is 46.8 Å². The predicted molar refractivity (Wildman–Crippen MR) is 83.4 cm³/mol. The summed E-state index contributed by atoms with van der Waals surface area (Å²) in [6.45, 7) is 9.96. The Morgan fingerprint density at radius 3 is 2.33 bits per heavy atom. The molecule has 1 heterocycles. The summed E-state index contributed by atoms with van der Waals surface area (Å²) in [4.78, 5) is 11.7. The van der Waals surface area contributed by atoms with Gasteiger partial charge in [0.25, 0.3) is 0 Å². The maximum atomic E-state index is 11.7. The van der Waals surface area contributed by atoms with Gasteiger partial charge in [-0.1, -0.05) is 39.8 Å². The molecule has 0 saturated carbocycles. The van der Waals surface area contributed by atoms with Crippen molar-refractivity contribution in [2.24, 2.45) is 0 Å². The van der Waals surface area contributed by atoms with Crippen molar-refractivity contribution in [2.45, 2.75) is 46.5 Å². The third-order valence-corrected chi connectivity index (χ3v) is 3.50. The molecule has 0 aliphatic heterocycles. The molecular weight excluding hydrogens is 264 g/mol. The average molecular weight is 286 g/mol. The van der Waals surface area contributed by atoms with Crippen LogP contribution in [0.5, 0.6) is 0 Å². The zero-order chi connectivity index (χ0) is 15.7. The van der Waals surface area contributed by atoms with E-state index in [-0.39, 0.29) is 11.8 Å². The van der Waals surface area contributed by atoms with Crippen molar-refractivity contribution in [2.75, 3.05) is 0 Å². The van der Waals surface area contributed by atoms with Crippen molar-refractivity contribution < 1.29 is 9.90 Å². The number of nitrogens with zero attached hydrogens (tertiary/aromatic N) is 2. The largest absolute Gasteiger partial charge is 0.478 e. The highest BCUT2D eigenvalue weighted by Gasteiger charge is 2.27. The Labute approximate surface area is 125 Å². The second kappa shape index (κ2) is 5.72. The zero-order valence-corrected chi connectivity index (χ0v) is 13.2. The van der Waals surface area contributed by atoms with Crippen LogP contribution in [0.25, 0.3) is 5.69 Å². The first-order valence-corrected chi connectivity index (χ1v) is 7.26. The summed E-state index contributed by atoms with van der Waals surface area (Å²) in [6.07, 6.45) is 0. The van der Waals surface area contributed by atoms with Crippen LogP contribution in [-0.2, 0) is 0 Å². The number of benzene rings is 1. The minimum absolute atomic E-state index is 0.0691. The number of carboxylic acid groups (broad SMARTS) is 1. The van der Waals surface area contributed by atoms with Gasteiger partial charge in [-0.2, -0.15) is 5.10 Å². The van der Waals surface area contributed by atoms with Crippen LogP contribution in [0.4, 0.5) is 0 Å². The standard InChI is InChI=1S/C17H22N2O2/c1-10(2)15-14(17(20)21)16(11(3)4)19(18-15)13-8-6-7-12(5)9-13/h6-11H,1-5H3,(H,20,21). The van der Waals surface area contributed by atoms with E-state index in [2.05, 4.69) is 5.10 Å². The molecule has 0 bridgehead atoms. The molecule has 1 aromatic heterocycles. The number of hydrogen-bond acceptors (Lipinski definition) is 2. The lowest BCUT2D eigenvalue weighted by Crippen LogP contribution is -2.09. The number of aromatic carboxylic acids is 1. The number of aryl methyl sites for hydroxylation is 1. The Kier molecular flexibility index (Phi) is 4.16. The van der Waals surface area contributed by atoms with Crippen molar-refractivity contribution in [3.63, 3.8) is 0 Å². The van der Waals surface area contributed by atoms with Gasteiger partial charge >= 0.3 is 5.97 Å². The first-order chi connectivity index (χ1) is 9.82. The van der Waals surface area contributed by atoms with Gasteiger partial charge < -0.3 is 5.11 Å². The molecule has 0 unspecified atom stereocenters. The van der Waals surface area contributed by atoms with Crippen LogP contribution in [0, 0.1) is 6.92 Å². The van der Waals surface area contributed by atoms with Crippen molar-refractivity contribution in [1.29, 1.82) is 0 Å². The lowest BCUT2D eigenvalue weighted by Gasteiger charge is -2.12. The fourth-order valence-electron chi connectivity index (χ4n) is 2.56. The minimum atomic E-state index is -0.902. The predicted octanol–water partition coefficient (Wildman–Crippen LogP) is 4.13. The molecule has 0 saturated heterocycles. The smallest absolute Gasteiger partial charge is 0.339 e. The molecule has 0 spiro atoms. The summed E-state index contributed by atoms with van der Waals surface area (Å²) in [6, 6.07) is 7.96. The molecule has 112 valence electrons. The van der Waals surface area contributed by atoms with Gasteiger partial charge in [0.1, 0.15) is 5.56 Å². The summed E-state index contributed by atoms with van der Waals surface area (Å²) >= 11 is 0. The number of carbonyl (C=O) groups is 1. The molecule has 0 amide bonds. The molecular formula is C17H22N2O2. The number of carboxylic acids is 1. The van der Waals surface area contributed by atoms with E-state index < -0.39 is 5.97 Å². The highest BCUT2D eigenvalue weighted by molar-refractivity contribution is 5.91. The molecule has 0 fully saturated rings. The normalized spacial score (nSPS) is 11.4. The van der Waals surface area contributed by atoms with Gasteiger partial charge in [-0.3, -0.25) is 0 Å². The van der Waals surface area contributed by atoms with E-state index in [0.29, 0.717) is 11.3 Å². The van der Waals surface area contributed by atoms with Crippen LogP contribution in [0.1, 0.15) is 66.8 Å². The fraction of sp³-hybridized carbons (Fsp3) is 0.412. The molecule has 4 nitrogen and oxygen atoms in total. The third-order valence-electron chi connectivity index (χ3n) is 3.50. The summed E-state index contributed by atoms with van der Waals surface area (Å²) in [5, 5.41) is 14.2. The Hall–Kier alpha value is -2.10. The molecule has 2 rings (SSSR count). The minimum Gasteiger partial charge on any atom is -0.478 e. The zero-order valence-electron chi connectivity index (χ0n) is 13.2. The lowest BCUT2D eigenvalue weighted by molar-refractivity contribution is 0.0693. The highest BCUT2D eigenvalue weighted by atomic mass is 16.4. The number of hydrogen-bond donors (Lipinski definition) is 1. The average Bonchev–Trinajstić information content (AvgIpc) is 2.79. The maximum absolute atomic E-state index is 11.7. The summed E-state index contributed by atoms with van der Waals surface area (Å²) in [7, 11) is 0. The lowest BCUT2D eigenvalue weighted by atomic mass is 9.99. The molecule has 0 atom stereocenters. The van der Waals surface area contributed by atoms with Crippen LogP contribution in [-0.4, -0.2) is 20.9 Å². The van der Waals surface area contributed by atoms with Crippen LogP contribution >= 0.6 is 0 Å². The van der Waals surface area contributed by atoms with Gasteiger partial charge in [-0.15, -0.1) is 0 Å². The molecule has 0 aliphatic rings. The van der Waals surface area contributed by atoms with E-state index in [4.69, 9.17) is 0 Å². The van der Waals surface area contributed by atoms with Gasteiger partial charge in [0, 0.05) is 0 Å². The quantitative estimate of drug-likeness (QED) is 0.919. The number of aromatic nitrogens is 2.